The summed E-state index contributed by atoms with van der Waals surface area (Å²) in [7, 11) is 0. The summed E-state index contributed by atoms with van der Waals surface area (Å²) in [5.74, 6) is 0.747. The van der Waals surface area contributed by atoms with Gasteiger partial charge in [0.15, 0.2) is 5.11 Å². The van der Waals surface area contributed by atoms with Crippen molar-refractivity contribution in [2.45, 2.75) is 26.2 Å². The molecule has 5 nitrogen and oxygen atoms in total. The normalized spacial score (nSPS) is 19.4. The number of hydrogen-bond donors (Lipinski definition) is 2. The molecule has 2 saturated heterocycles. The van der Waals surface area contributed by atoms with E-state index in [0.29, 0.717) is 10.8 Å². The summed E-state index contributed by atoms with van der Waals surface area (Å²) < 4.78 is 0. The van der Waals surface area contributed by atoms with Gasteiger partial charge >= 0.3 is 0 Å². The molecule has 0 spiro atoms. The van der Waals surface area contributed by atoms with Crippen LogP contribution in [0, 0.1) is 6.92 Å². The van der Waals surface area contributed by atoms with Crippen molar-refractivity contribution in [2.75, 3.05) is 18.0 Å². The molecular formula is C19H20N4OS. The molecule has 0 atom stereocenters. The maximum absolute atomic E-state index is 12.0. The average molecular weight is 352 g/mol. The molecule has 0 unspecified atom stereocenters. The minimum Gasteiger partial charge on any atom is -0.356 e. The third-order valence-electron chi connectivity index (χ3n) is 4.66. The molecule has 1 aromatic carbocycles. The number of benzene rings is 1. The highest BCUT2D eigenvalue weighted by molar-refractivity contribution is 7.80. The van der Waals surface area contributed by atoms with Crippen LogP contribution in [0.5, 0.6) is 0 Å². The SMILES string of the molecule is Cc1ccc2cc(/C=C3/NC(=S)NC3=O)c(N3CCCCC3)nc2c1. The highest BCUT2D eigenvalue weighted by Gasteiger charge is 2.22. The van der Waals surface area contributed by atoms with Crippen molar-refractivity contribution in [3.05, 3.63) is 41.1 Å². The van der Waals surface area contributed by atoms with Gasteiger partial charge in [0.2, 0.25) is 0 Å². The first kappa shape index (κ1) is 16.0. The number of anilines is 1. The van der Waals surface area contributed by atoms with Gasteiger partial charge in [0.25, 0.3) is 5.91 Å². The van der Waals surface area contributed by atoms with Crippen LogP contribution in [0.25, 0.3) is 17.0 Å². The number of nitrogens with one attached hydrogen (secondary N) is 2. The van der Waals surface area contributed by atoms with Crippen LogP contribution in [-0.2, 0) is 4.79 Å². The second-order valence-corrected chi connectivity index (χ2v) is 7.02. The van der Waals surface area contributed by atoms with E-state index in [1.807, 2.05) is 6.08 Å². The van der Waals surface area contributed by atoms with Gasteiger partial charge in [-0.25, -0.2) is 4.98 Å². The van der Waals surface area contributed by atoms with E-state index in [-0.39, 0.29) is 5.91 Å². The van der Waals surface area contributed by atoms with Gasteiger partial charge in [-0.1, -0.05) is 12.1 Å². The van der Waals surface area contributed by atoms with Gasteiger partial charge in [0.1, 0.15) is 11.5 Å². The third kappa shape index (κ3) is 3.22. The summed E-state index contributed by atoms with van der Waals surface area (Å²) in [6.07, 6.45) is 5.46. The van der Waals surface area contributed by atoms with Crippen molar-refractivity contribution >= 4 is 46.0 Å². The third-order valence-corrected chi connectivity index (χ3v) is 4.86. The molecule has 1 aromatic heterocycles. The number of thiocarbonyl (C=S) groups is 1. The first-order chi connectivity index (χ1) is 12.1. The number of carbonyl (C=O) groups excluding carboxylic acids is 1. The van der Waals surface area contributed by atoms with Crippen molar-refractivity contribution in [1.29, 1.82) is 0 Å². The number of pyridine rings is 1. The smallest absolute Gasteiger partial charge is 0.273 e. The van der Waals surface area contributed by atoms with Crippen LogP contribution in [0.2, 0.25) is 0 Å². The van der Waals surface area contributed by atoms with E-state index in [9.17, 15) is 4.79 Å². The topological polar surface area (TPSA) is 57.3 Å². The molecule has 0 aliphatic carbocycles. The Morgan fingerprint density at radius 1 is 1.16 bits per heavy atom. The Morgan fingerprint density at radius 3 is 2.68 bits per heavy atom. The van der Waals surface area contributed by atoms with Gasteiger partial charge in [-0.15, -0.1) is 0 Å². The molecule has 4 rings (SSSR count). The Morgan fingerprint density at radius 2 is 1.96 bits per heavy atom. The molecule has 25 heavy (non-hydrogen) atoms. The molecule has 2 fully saturated rings. The van der Waals surface area contributed by atoms with Crippen LogP contribution in [0.3, 0.4) is 0 Å². The minimum atomic E-state index is -0.196. The van der Waals surface area contributed by atoms with Crippen molar-refractivity contribution in [3.8, 4) is 0 Å². The molecule has 2 aromatic rings. The van der Waals surface area contributed by atoms with Crippen molar-refractivity contribution in [2.24, 2.45) is 0 Å². The van der Waals surface area contributed by atoms with Crippen LogP contribution in [0.1, 0.15) is 30.4 Å². The summed E-state index contributed by atoms with van der Waals surface area (Å²) in [5.41, 5.74) is 3.59. The first-order valence-electron chi connectivity index (χ1n) is 8.60. The van der Waals surface area contributed by atoms with E-state index in [2.05, 4.69) is 46.7 Å². The molecule has 2 N–H and O–H groups in total. The van der Waals surface area contributed by atoms with Crippen LogP contribution in [0.4, 0.5) is 5.82 Å². The number of hydrogen-bond acceptors (Lipinski definition) is 4. The molecule has 0 bridgehead atoms. The second kappa shape index (κ2) is 6.44. The maximum Gasteiger partial charge on any atom is 0.273 e. The number of carbonyl (C=O) groups is 1. The fourth-order valence-electron chi connectivity index (χ4n) is 3.39. The molecule has 2 aliphatic rings. The highest BCUT2D eigenvalue weighted by Crippen LogP contribution is 2.28. The van der Waals surface area contributed by atoms with Gasteiger partial charge in [0, 0.05) is 24.0 Å². The molecule has 128 valence electrons. The maximum atomic E-state index is 12.0. The molecule has 2 aliphatic heterocycles. The molecule has 6 heteroatoms. The predicted molar refractivity (Wildman–Crippen MR) is 104 cm³/mol. The van der Waals surface area contributed by atoms with E-state index in [0.717, 1.165) is 35.4 Å². The first-order valence-corrected chi connectivity index (χ1v) is 9.01. The quantitative estimate of drug-likeness (QED) is 0.643. The zero-order valence-electron chi connectivity index (χ0n) is 14.1. The number of amides is 1. The van der Waals surface area contributed by atoms with E-state index in [1.165, 1.54) is 24.8 Å². The Hall–Kier alpha value is -2.47. The van der Waals surface area contributed by atoms with E-state index in [1.54, 1.807) is 0 Å². The van der Waals surface area contributed by atoms with Crippen LogP contribution < -0.4 is 15.5 Å². The Labute approximate surface area is 152 Å². The number of aryl methyl sites for hydroxylation is 1. The van der Waals surface area contributed by atoms with Gasteiger partial charge in [-0.2, -0.15) is 0 Å². The Kier molecular flexibility index (Phi) is 4.13. The van der Waals surface area contributed by atoms with Crippen molar-refractivity contribution in [1.82, 2.24) is 15.6 Å². The van der Waals surface area contributed by atoms with Gasteiger partial charge < -0.3 is 10.2 Å². The predicted octanol–water partition coefficient (Wildman–Crippen LogP) is 2.88. The van der Waals surface area contributed by atoms with Gasteiger partial charge in [0.05, 0.1) is 5.52 Å². The van der Waals surface area contributed by atoms with Crippen molar-refractivity contribution in [3.63, 3.8) is 0 Å². The van der Waals surface area contributed by atoms with Crippen LogP contribution >= 0.6 is 12.2 Å². The van der Waals surface area contributed by atoms with E-state index >= 15 is 0 Å². The second-order valence-electron chi connectivity index (χ2n) is 6.61. The standard InChI is InChI=1S/C19H20N4OS/c1-12-5-6-13-10-14(11-16-18(24)22-19(25)21-16)17(20-15(13)9-12)23-7-3-2-4-8-23/h5-6,9-11H,2-4,7-8H2,1H3,(H2,21,22,24,25)/b16-11+. The lowest BCUT2D eigenvalue weighted by molar-refractivity contribution is -0.115. The monoisotopic (exact) mass is 352 g/mol. The largest absolute Gasteiger partial charge is 0.356 e. The summed E-state index contributed by atoms with van der Waals surface area (Å²) in [6, 6.07) is 8.37. The van der Waals surface area contributed by atoms with Crippen molar-refractivity contribution < 1.29 is 4.79 Å². The zero-order chi connectivity index (χ0) is 17.4. The van der Waals surface area contributed by atoms with Gasteiger partial charge in [-0.3, -0.25) is 10.1 Å². The Bertz CT molecular complexity index is 900. The Balaban J connectivity index is 1.85. The van der Waals surface area contributed by atoms with E-state index in [4.69, 9.17) is 17.2 Å². The van der Waals surface area contributed by atoms with Crippen LogP contribution in [0.15, 0.2) is 30.0 Å². The molecule has 0 radical (unpaired) electrons. The molecule has 0 saturated carbocycles. The summed E-state index contributed by atoms with van der Waals surface area (Å²) in [4.78, 5) is 19.3. The number of fused-ring (bicyclic) bond motifs is 1. The average Bonchev–Trinajstić information content (AvgIpc) is 2.92. The fourth-order valence-corrected chi connectivity index (χ4v) is 3.59. The molecule has 3 heterocycles. The highest BCUT2D eigenvalue weighted by atomic mass is 32.1. The van der Waals surface area contributed by atoms with Gasteiger partial charge in [-0.05, 0) is 62.2 Å². The molecule has 1 amide bonds. The number of piperidine rings is 1. The minimum absolute atomic E-state index is 0.196. The fraction of sp³-hybridized carbons (Fsp3) is 0.316. The number of aromatic nitrogens is 1. The lowest BCUT2D eigenvalue weighted by Crippen LogP contribution is -2.30. The lowest BCUT2D eigenvalue weighted by atomic mass is 10.1. The summed E-state index contributed by atoms with van der Waals surface area (Å²) in [6.45, 7) is 4.07. The van der Waals surface area contributed by atoms with E-state index < -0.39 is 0 Å². The summed E-state index contributed by atoms with van der Waals surface area (Å²) >= 11 is 5.03. The zero-order valence-corrected chi connectivity index (χ0v) is 14.9. The number of rotatable bonds is 2. The summed E-state index contributed by atoms with van der Waals surface area (Å²) in [5, 5.41) is 6.95. The molecular weight excluding hydrogens is 332 g/mol. The van der Waals surface area contributed by atoms with Crippen LogP contribution in [-0.4, -0.2) is 29.1 Å². The number of nitrogens with zero attached hydrogens (tertiary/aromatic N) is 2. The lowest BCUT2D eigenvalue weighted by Gasteiger charge is -2.29.